The van der Waals surface area contributed by atoms with Crippen molar-refractivity contribution in [3.63, 3.8) is 0 Å². The number of rotatable bonds is 11. The van der Waals surface area contributed by atoms with Gasteiger partial charge < -0.3 is 9.47 Å². The van der Waals surface area contributed by atoms with E-state index in [-0.39, 0.29) is 4.90 Å². The Bertz CT molecular complexity index is 1360. The summed E-state index contributed by atoms with van der Waals surface area (Å²) in [5.74, 6) is 0.459. The molecular formula is C27H29N3O5S. The van der Waals surface area contributed by atoms with Crippen LogP contribution in [0.25, 0.3) is 0 Å². The number of nitrogens with zero attached hydrogens (tertiary/aromatic N) is 2. The van der Waals surface area contributed by atoms with Crippen molar-refractivity contribution in [2.24, 2.45) is 5.10 Å². The number of sulfonamides is 1. The summed E-state index contributed by atoms with van der Waals surface area (Å²) in [7, 11) is -2.48. The lowest BCUT2D eigenvalue weighted by Gasteiger charge is -2.26. The standard InChI is InChI=1S/C27H29N3O5S/c1-5-16-35-25-15-14-22(17-26(25)34-4)18-28-29-27(31)19-30(24-13-9-10-20(2)21(24)3)36(32,33)23-11-7-6-8-12-23/h5-15,17-18H,1,16,19H2,2-4H3,(H,29,31)/b28-18-. The van der Waals surface area contributed by atoms with Gasteiger partial charge in [0.25, 0.3) is 15.9 Å². The zero-order valence-corrected chi connectivity index (χ0v) is 21.3. The molecule has 1 amide bonds. The summed E-state index contributed by atoms with van der Waals surface area (Å²) < 4.78 is 38.9. The monoisotopic (exact) mass is 507 g/mol. The minimum absolute atomic E-state index is 0.0908. The highest BCUT2D eigenvalue weighted by atomic mass is 32.2. The quantitative estimate of drug-likeness (QED) is 0.238. The molecule has 3 aromatic carbocycles. The molecule has 0 heterocycles. The summed E-state index contributed by atoms with van der Waals surface area (Å²) in [5, 5.41) is 3.99. The summed E-state index contributed by atoms with van der Waals surface area (Å²) in [5.41, 5.74) is 5.17. The van der Waals surface area contributed by atoms with Crippen LogP contribution in [0.1, 0.15) is 16.7 Å². The number of hydrazone groups is 1. The molecular weight excluding hydrogens is 478 g/mol. The second-order valence-corrected chi connectivity index (χ2v) is 9.71. The Kier molecular flexibility index (Phi) is 8.86. The van der Waals surface area contributed by atoms with Gasteiger partial charge in [-0.05, 0) is 66.9 Å². The van der Waals surface area contributed by atoms with Crippen LogP contribution in [0.3, 0.4) is 0 Å². The molecule has 8 nitrogen and oxygen atoms in total. The van der Waals surface area contributed by atoms with E-state index in [1.54, 1.807) is 54.6 Å². The van der Waals surface area contributed by atoms with E-state index in [4.69, 9.17) is 9.47 Å². The van der Waals surface area contributed by atoms with Gasteiger partial charge in [0.05, 0.1) is 23.9 Å². The number of hydrogen-bond donors (Lipinski definition) is 1. The van der Waals surface area contributed by atoms with Gasteiger partial charge in [0, 0.05) is 0 Å². The Morgan fingerprint density at radius 3 is 2.50 bits per heavy atom. The number of aryl methyl sites for hydroxylation is 1. The number of ether oxygens (including phenoxy) is 2. The van der Waals surface area contributed by atoms with Crippen molar-refractivity contribution in [2.45, 2.75) is 18.7 Å². The molecule has 1 N–H and O–H groups in total. The summed E-state index contributed by atoms with van der Waals surface area (Å²) in [6.45, 7) is 7.22. The van der Waals surface area contributed by atoms with Gasteiger partial charge >= 0.3 is 0 Å². The third-order valence-electron chi connectivity index (χ3n) is 5.41. The van der Waals surface area contributed by atoms with Gasteiger partial charge in [-0.15, -0.1) is 0 Å². The van der Waals surface area contributed by atoms with E-state index in [2.05, 4.69) is 17.1 Å². The molecule has 0 atom stereocenters. The van der Waals surface area contributed by atoms with Gasteiger partial charge in [0.15, 0.2) is 11.5 Å². The van der Waals surface area contributed by atoms with Crippen molar-refractivity contribution in [3.05, 3.63) is 96.1 Å². The summed E-state index contributed by atoms with van der Waals surface area (Å²) >= 11 is 0. The molecule has 0 aliphatic rings. The van der Waals surface area contributed by atoms with Crippen molar-refractivity contribution in [2.75, 3.05) is 24.6 Å². The fraction of sp³-hybridized carbons (Fsp3) is 0.185. The van der Waals surface area contributed by atoms with Crippen molar-refractivity contribution in [1.29, 1.82) is 0 Å². The van der Waals surface area contributed by atoms with E-state index in [0.717, 1.165) is 15.4 Å². The molecule has 188 valence electrons. The van der Waals surface area contributed by atoms with Crippen molar-refractivity contribution in [1.82, 2.24) is 5.43 Å². The van der Waals surface area contributed by atoms with Gasteiger partial charge in [-0.1, -0.05) is 43.0 Å². The number of nitrogens with one attached hydrogen (secondary N) is 1. The second kappa shape index (κ2) is 12.0. The van der Waals surface area contributed by atoms with Crippen molar-refractivity contribution >= 4 is 27.8 Å². The smallest absolute Gasteiger partial charge is 0.264 e. The number of anilines is 1. The SMILES string of the molecule is C=CCOc1ccc(/C=N\NC(=O)CN(c2cccc(C)c2C)S(=O)(=O)c2ccccc2)cc1OC. The first-order valence-corrected chi connectivity index (χ1v) is 12.6. The molecule has 0 aromatic heterocycles. The Labute approximate surface area is 211 Å². The molecule has 0 bridgehead atoms. The largest absolute Gasteiger partial charge is 0.493 e. The van der Waals surface area contributed by atoms with Gasteiger partial charge in [-0.25, -0.2) is 13.8 Å². The maximum atomic E-state index is 13.5. The van der Waals surface area contributed by atoms with Crippen molar-refractivity contribution < 1.29 is 22.7 Å². The van der Waals surface area contributed by atoms with E-state index in [1.165, 1.54) is 25.5 Å². The minimum Gasteiger partial charge on any atom is -0.493 e. The summed E-state index contributed by atoms with van der Waals surface area (Å²) in [4.78, 5) is 12.9. The molecule has 0 aliphatic heterocycles. The molecule has 3 rings (SSSR count). The maximum Gasteiger partial charge on any atom is 0.264 e. The lowest BCUT2D eigenvalue weighted by molar-refractivity contribution is -0.119. The minimum atomic E-state index is -4.00. The zero-order valence-electron chi connectivity index (χ0n) is 20.5. The topological polar surface area (TPSA) is 97.3 Å². The average Bonchev–Trinajstić information content (AvgIpc) is 2.88. The number of carbonyl (C=O) groups excluding carboxylic acids is 1. The number of benzene rings is 3. The Balaban J connectivity index is 1.81. The molecule has 0 saturated heterocycles. The first kappa shape index (κ1) is 26.5. The van der Waals surface area contributed by atoms with Crippen LogP contribution in [-0.2, 0) is 14.8 Å². The Morgan fingerprint density at radius 1 is 1.06 bits per heavy atom. The van der Waals surface area contributed by atoms with Gasteiger partial charge in [-0.2, -0.15) is 5.10 Å². The Morgan fingerprint density at radius 2 is 1.81 bits per heavy atom. The third kappa shape index (κ3) is 6.31. The van der Waals surface area contributed by atoms with E-state index in [9.17, 15) is 13.2 Å². The van der Waals surface area contributed by atoms with Crippen LogP contribution in [0.5, 0.6) is 11.5 Å². The molecule has 0 spiro atoms. The first-order chi connectivity index (χ1) is 17.3. The lowest BCUT2D eigenvalue weighted by atomic mass is 10.1. The van der Waals surface area contributed by atoms with Crippen LogP contribution in [0, 0.1) is 13.8 Å². The van der Waals surface area contributed by atoms with E-state index < -0.39 is 22.5 Å². The zero-order chi connectivity index (χ0) is 26.1. The molecule has 3 aromatic rings. The molecule has 0 saturated carbocycles. The van der Waals surface area contributed by atoms with E-state index in [1.807, 2.05) is 19.9 Å². The Hall–Kier alpha value is -4.11. The normalized spacial score (nSPS) is 11.2. The predicted molar refractivity (Wildman–Crippen MR) is 141 cm³/mol. The number of methoxy groups -OCH3 is 1. The van der Waals surface area contributed by atoms with Gasteiger partial charge in [0.2, 0.25) is 0 Å². The average molecular weight is 508 g/mol. The lowest BCUT2D eigenvalue weighted by Crippen LogP contribution is -2.40. The number of carbonyl (C=O) groups is 1. The highest BCUT2D eigenvalue weighted by Crippen LogP contribution is 2.29. The van der Waals surface area contributed by atoms with Crippen LogP contribution >= 0.6 is 0 Å². The highest BCUT2D eigenvalue weighted by molar-refractivity contribution is 7.92. The summed E-state index contributed by atoms with van der Waals surface area (Å²) in [6.07, 6.45) is 3.07. The molecule has 0 fully saturated rings. The van der Waals surface area contributed by atoms with Gasteiger partial charge in [0.1, 0.15) is 13.2 Å². The molecule has 0 radical (unpaired) electrons. The summed E-state index contributed by atoms with van der Waals surface area (Å²) in [6, 6.07) is 18.5. The molecule has 0 unspecified atom stereocenters. The molecule has 36 heavy (non-hydrogen) atoms. The van der Waals surface area contributed by atoms with Crippen LogP contribution < -0.4 is 19.2 Å². The fourth-order valence-electron chi connectivity index (χ4n) is 3.40. The molecule has 9 heteroatoms. The van der Waals surface area contributed by atoms with Crippen molar-refractivity contribution in [3.8, 4) is 11.5 Å². The second-order valence-electron chi connectivity index (χ2n) is 7.85. The van der Waals surface area contributed by atoms with E-state index in [0.29, 0.717) is 29.4 Å². The van der Waals surface area contributed by atoms with Crippen LogP contribution in [0.4, 0.5) is 5.69 Å². The predicted octanol–water partition coefficient (Wildman–Crippen LogP) is 4.22. The number of amides is 1. The first-order valence-electron chi connectivity index (χ1n) is 11.2. The number of hydrogen-bond acceptors (Lipinski definition) is 6. The fourth-order valence-corrected chi connectivity index (χ4v) is 4.90. The molecule has 0 aliphatic carbocycles. The van der Waals surface area contributed by atoms with Crippen LogP contribution in [-0.4, -0.2) is 40.8 Å². The van der Waals surface area contributed by atoms with Crippen LogP contribution in [0.15, 0.2) is 89.4 Å². The highest BCUT2D eigenvalue weighted by Gasteiger charge is 2.28. The third-order valence-corrected chi connectivity index (χ3v) is 7.18. The maximum absolute atomic E-state index is 13.5. The van der Waals surface area contributed by atoms with E-state index >= 15 is 0 Å². The van der Waals surface area contributed by atoms with Crippen LogP contribution in [0.2, 0.25) is 0 Å². The van der Waals surface area contributed by atoms with Gasteiger partial charge in [-0.3, -0.25) is 9.10 Å².